The summed E-state index contributed by atoms with van der Waals surface area (Å²) in [6, 6.07) is 0. The maximum atomic E-state index is 13.8. The summed E-state index contributed by atoms with van der Waals surface area (Å²) >= 11 is 0. The predicted molar refractivity (Wildman–Crippen MR) is 90.0 cm³/mol. The third-order valence-electron chi connectivity index (χ3n) is 6.48. The standard InChI is InChI=1S/C17H22F4O8S/c18-16(17(19,20)21,30(25,26)27)13(24)28-6-12(23)29-9-15-4-10-1-11(5-15)3-14(2-10,7-15)8-22/h10-11,22H,1-9H2,(H,25,26,27). The third kappa shape index (κ3) is 3.91. The Morgan fingerprint density at radius 2 is 1.53 bits per heavy atom. The first-order valence-electron chi connectivity index (χ1n) is 9.32. The highest BCUT2D eigenvalue weighted by molar-refractivity contribution is 7.88. The molecule has 0 aromatic rings. The van der Waals surface area contributed by atoms with Gasteiger partial charge in [0.25, 0.3) is 0 Å². The smallest absolute Gasteiger partial charge is 0.451 e. The van der Waals surface area contributed by atoms with Gasteiger partial charge in [0.15, 0.2) is 6.61 Å². The molecule has 4 rings (SSSR count). The van der Waals surface area contributed by atoms with Gasteiger partial charge >= 0.3 is 33.2 Å². The molecular formula is C17H22F4O8S. The van der Waals surface area contributed by atoms with Crippen molar-refractivity contribution in [2.24, 2.45) is 22.7 Å². The zero-order valence-corrected chi connectivity index (χ0v) is 16.6. The number of esters is 2. The number of ether oxygens (including phenoxy) is 2. The van der Waals surface area contributed by atoms with Gasteiger partial charge in [-0.25, -0.2) is 14.0 Å². The van der Waals surface area contributed by atoms with Crippen LogP contribution in [-0.4, -0.2) is 61.0 Å². The van der Waals surface area contributed by atoms with Gasteiger partial charge in [0.2, 0.25) is 0 Å². The van der Waals surface area contributed by atoms with Crippen LogP contribution in [0.5, 0.6) is 0 Å². The SMILES string of the molecule is O=C(COC(=O)C(F)(C(F)(F)F)S(=O)(=O)O)OCC12CC3CC(CC(CO)(C3)C1)C2. The van der Waals surface area contributed by atoms with Gasteiger partial charge in [0, 0.05) is 12.0 Å². The topological polar surface area (TPSA) is 127 Å². The van der Waals surface area contributed by atoms with Crippen molar-refractivity contribution in [1.82, 2.24) is 0 Å². The van der Waals surface area contributed by atoms with Gasteiger partial charge in [-0.05, 0) is 55.8 Å². The van der Waals surface area contributed by atoms with Crippen LogP contribution in [0.3, 0.4) is 0 Å². The minimum Gasteiger partial charge on any atom is -0.463 e. The second-order valence-corrected chi connectivity index (χ2v) is 10.4. The lowest BCUT2D eigenvalue weighted by atomic mass is 9.44. The minimum atomic E-state index is -6.56. The molecule has 0 heterocycles. The van der Waals surface area contributed by atoms with Crippen LogP contribution in [0, 0.1) is 22.7 Å². The number of carbonyl (C=O) groups is 2. The summed E-state index contributed by atoms with van der Waals surface area (Å²) in [5.74, 6) is -3.51. The minimum absolute atomic E-state index is 0.0129. The summed E-state index contributed by atoms with van der Waals surface area (Å²) in [7, 11) is -6.56. The van der Waals surface area contributed by atoms with Crippen LogP contribution in [0.15, 0.2) is 0 Å². The Kier molecular flexibility index (Phi) is 5.64. The van der Waals surface area contributed by atoms with Gasteiger partial charge in [-0.3, -0.25) is 4.55 Å². The molecule has 0 aromatic heterocycles. The maximum Gasteiger partial charge on any atom is 0.451 e. The highest BCUT2D eigenvalue weighted by Crippen LogP contribution is 2.65. The van der Waals surface area contributed by atoms with Crippen molar-refractivity contribution in [1.29, 1.82) is 0 Å². The lowest BCUT2D eigenvalue weighted by molar-refractivity contribution is -0.216. The average Bonchev–Trinajstić information content (AvgIpc) is 2.61. The Hall–Kier alpha value is -1.47. The molecule has 4 bridgehead atoms. The molecule has 0 aromatic carbocycles. The predicted octanol–water partition coefficient (Wildman–Crippen LogP) is 1.77. The highest BCUT2D eigenvalue weighted by Gasteiger charge is 2.72. The first kappa shape index (κ1) is 23.2. The fourth-order valence-corrected chi connectivity index (χ4v) is 6.43. The molecule has 3 atom stereocenters. The molecule has 2 N–H and O–H groups in total. The van der Waals surface area contributed by atoms with E-state index in [9.17, 15) is 40.7 Å². The van der Waals surface area contributed by atoms with E-state index in [0.29, 0.717) is 18.3 Å². The number of hydrogen-bond donors (Lipinski definition) is 2. The molecule has 13 heteroatoms. The molecule has 4 fully saturated rings. The summed E-state index contributed by atoms with van der Waals surface area (Å²) in [6.07, 6.45) is -1.36. The molecule has 3 unspecified atom stereocenters. The number of rotatable bonds is 7. The van der Waals surface area contributed by atoms with Gasteiger partial charge in [-0.1, -0.05) is 0 Å². The molecule has 0 radical (unpaired) electrons. The first-order chi connectivity index (χ1) is 13.7. The quantitative estimate of drug-likeness (QED) is 0.333. The summed E-state index contributed by atoms with van der Waals surface area (Å²) in [4.78, 5) is 23.2. The van der Waals surface area contributed by atoms with E-state index in [2.05, 4.69) is 4.74 Å². The number of halogens is 4. The molecule has 4 aliphatic carbocycles. The molecular weight excluding hydrogens is 440 g/mol. The largest absolute Gasteiger partial charge is 0.463 e. The number of alkyl halides is 4. The monoisotopic (exact) mass is 462 g/mol. The van der Waals surface area contributed by atoms with Crippen LogP contribution >= 0.6 is 0 Å². The molecule has 0 amide bonds. The van der Waals surface area contributed by atoms with Gasteiger partial charge < -0.3 is 14.6 Å². The van der Waals surface area contributed by atoms with Gasteiger partial charge in [-0.15, -0.1) is 0 Å². The van der Waals surface area contributed by atoms with Crippen molar-refractivity contribution in [3.8, 4) is 0 Å². The molecule has 0 spiro atoms. The van der Waals surface area contributed by atoms with Crippen LogP contribution in [0.4, 0.5) is 17.6 Å². The summed E-state index contributed by atoms with van der Waals surface area (Å²) in [5, 5.41) is 4.10. The van der Waals surface area contributed by atoms with E-state index in [1.54, 1.807) is 0 Å². The van der Waals surface area contributed by atoms with Crippen LogP contribution in [0.25, 0.3) is 0 Å². The number of hydrogen-bond acceptors (Lipinski definition) is 7. The average molecular weight is 462 g/mol. The second kappa shape index (κ2) is 7.30. The molecule has 4 saturated carbocycles. The normalized spacial score (nSPS) is 35.0. The lowest BCUT2D eigenvalue weighted by Gasteiger charge is -2.61. The summed E-state index contributed by atoms with van der Waals surface area (Å²) < 4.78 is 90.7. The third-order valence-corrected chi connectivity index (χ3v) is 7.59. The Bertz CT molecular complexity index is 812. The van der Waals surface area contributed by atoms with Crippen molar-refractivity contribution in [2.75, 3.05) is 19.8 Å². The van der Waals surface area contributed by atoms with Crippen LogP contribution in [0.1, 0.15) is 38.5 Å². The highest BCUT2D eigenvalue weighted by atomic mass is 32.2. The summed E-state index contributed by atoms with van der Waals surface area (Å²) in [6.45, 7) is -1.54. The van der Waals surface area contributed by atoms with Crippen molar-refractivity contribution in [3.63, 3.8) is 0 Å². The Morgan fingerprint density at radius 3 is 2.00 bits per heavy atom. The van der Waals surface area contributed by atoms with Gasteiger partial charge in [0.1, 0.15) is 0 Å². The zero-order chi connectivity index (χ0) is 22.6. The van der Waals surface area contributed by atoms with Crippen LogP contribution < -0.4 is 0 Å². The molecule has 4 aliphatic rings. The van der Waals surface area contributed by atoms with Crippen molar-refractivity contribution < 1.29 is 54.7 Å². The van der Waals surface area contributed by atoms with E-state index in [4.69, 9.17) is 9.29 Å². The van der Waals surface area contributed by atoms with E-state index in [1.165, 1.54) is 0 Å². The number of aliphatic hydroxyl groups excluding tert-OH is 1. The van der Waals surface area contributed by atoms with Crippen LogP contribution in [-0.2, 0) is 29.2 Å². The lowest BCUT2D eigenvalue weighted by Crippen LogP contribution is -2.55. The molecule has 0 saturated heterocycles. The molecule has 0 aliphatic heterocycles. The molecule has 172 valence electrons. The Morgan fingerprint density at radius 1 is 1.00 bits per heavy atom. The first-order valence-corrected chi connectivity index (χ1v) is 10.8. The molecule has 30 heavy (non-hydrogen) atoms. The van der Waals surface area contributed by atoms with Gasteiger partial charge in [0.05, 0.1) is 6.61 Å². The summed E-state index contributed by atoms with van der Waals surface area (Å²) in [5.41, 5.74) is -0.629. The molecule has 8 nitrogen and oxygen atoms in total. The zero-order valence-electron chi connectivity index (χ0n) is 15.8. The number of aliphatic hydroxyl groups is 1. The Balaban J connectivity index is 1.59. The van der Waals surface area contributed by atoms with Crippen molar-refractivity contribution in [2.45, 2.75) is 49.7 Å². The van der Waals surface area contributed by atoms with E-state index in [0.717, 1.165) is 32.1 Å². The van der Waals surface area contributed by atoms with E-state index >= 15 is 0 Å². The fraction of sp³-hybridized carbons (Fsp3) is 0.882. The van der Waals surface area contributed by atoms with E-state index in [1.807, 2.05) is 0 Å². The van der Waals surface area contributed by atoms with E-state index in [-0.39, 0.29) is 18.6 Å². The van der Waals surface area contributed by atoms with Crippen molar-refractivity contribution in [3.05, 3.63) is 0 Å². The fourth-order valence-electron chi connectivity index (χ4n) is 5.86. The Labute approximate surface area is 169 Å². The second-order valence-electron chi connectivity index (χ2n) is 8.92. The van der Waals surface area contributed by atoms with Crippen LogP contribution in [0.2, 0.25) is 0 Å². The maximum absolute atomic E-state index is 13.8. The number of carbonyl (C=O) groups excluding carboxylic acids is 2. The van der Waals surface area contributed by atoms with E-state index < -0.39 is 45.3 Å². The van der Waals surface area contributed by atoms with Crippen molar-refractivity contribution >= 4 is 22.1 Å². The van der Waals surface area contributed by atoms with Gasteiger partial charge in [-0.2, -0.15) is 21.6 Å².